The molecule has 6 heteroatoms. The summed E-state index contributed by atoms with van der Waals surface area (Å²) < 4.78 is 31.8. The van der Waals surface area contributed by atoms with E-state index < -0.39 is 10.0 Å². The molecule has 1 aliphatic heterocycles. The first-order valence-corrected chi connectivity index (χ1v) is 8.29. The highest BCUT2D eigenvalue weighted by Gasteiger charge is 2.31. The van der Waals surface area contributed by atoms with Crippen molar-refractivity contribution in [2.24, 2.45) is 11.7 Å². The van der Waals surface area contributed by atoms with E-state index in [0.29, 0.717) is 23.7 Å². The topological polar surface area (TPSA) is 72.6 Å². The lowest BCUT2D eigenvalue weighted by Crippen LogP contribution is -2.44. The summed E-state index contributed by atoms with van der Waals surface area (Å²) in [5.41, 5.74) is 5.91. The van der Waals surface area contributed by atoms with Gasteiger partial charge in [-0.15, -0.1) is 0 Å². The Morgan fingerprint density at radius 2 is 2.00 bits per heavy atom. The molecule has 1 aromatic rings. The van der Waals surface area contributed by atoms with E-state index in [0.717, 1.165) is 12.8 Å². The average molecular weight is 298 g/mol. The van der Waals surface area contributed by atoms with Gasteiger partial charge in [0.15, 0.2) is 0 Å². The van der Waals surface area contributed by atoms with E-state index in [4.69, 9.17) is 10.5 Å². The Kier molecular flexibility index (Phi) is 4.67. The molecule has 1 aliphatic rings. The van der Waals surface area contributed by atoms with Gasteiger partial charge in [0.05, 0.1) is 12.0 Å². The molecule has 0 spiro atoms. The van der Waals surface area contributed by atoms with Crippen LogP contribution in [0.25, 0.3) is 0 Å². The van der Waals surface area contributed by atoms with Gasteiger partial charge in [-0.1, -0.05) is 0 Å². The third-order valence-corrected chi connectivity index (χ3v) is 5.74. The Labute approximate surface area is 120 Å². The molecule has 2 rings (SSSR count). The van der Waals surface area contributed by atoms with E-state index in [1.54, 1.807) is 35.7 Å². The second-order valence-corrected chi connectivity index (χ2v) is 7.24. The van der Waals surface area contributed by atoms with Crippen molar-refractivity contribution in [1.29, 1.82) is 0 Å². The number of sulfonamides is 1. The van der Waals surface area contributed by atoms with Crippen LogP contribution in [-0.4, -0.2) is 39.0 Å². The number of rotatable bonds is 4. The van der Waals surface area contributed by atoms with Crippen molar-refractivity contribution in [3.05, 3.63) is 24.3 Å². The van der Waals surface area contributed by atoms with Crippen LogP contribution in [0.2, 0.25) is 0 Å². The second-order valence-electron chi connectivity index (χ2n) is 5.30. The molecule has 0 saturated carbocycles. The van der Waals surface area contributed by atoms with Crippen LogP contribution in [0.3, 0.4) is 0 Å². The molecule has 0 radical (unpaired) electrons. The van der Waals surface area contributed by atoms with Crippen LogP contribution in [0.1, 0.15) is 19.8 Å². The fourth-order valence-corrected chi connectivity index (χ4v) is 4.05. The first-order chi connectivity index (χ1) is 9.45. The average Bonchev–Trinajstić information content (AvgIpc) is 2.47. The zero-order chi connectivity index (χ0) is 14.8. The molecule has 1 aromatic carbocycles. The minimum Gasteiger partial charge on any atom is -0.497 e. The third kappa shape index (κ3) is 3.13. The van der Waals surface area contributed by atoms with Gasteiger partial charge in [-0.3, -0.25) is 0 Å². The Bertz CT molecular complexity index is 540. The van der Waals surface area contributed by atoms with Crippen LogP contribution >= 0.6 is 0 Å². The number of hydrogen-bond donors (Lipinski definition) is 1. The van der Waals surface area contributed by atoms with Gasteiger partial charge in [-0.25, -0.2) is 8.42 Å². The van der Waals surface area contributed by atoms with Crippen molar-refractivity contribution in [1.82, 2.24) is 4.31 Å². The summed E-state index contributed by atoms with van der Waals surface area (Å²) in [7, 11) is -1.87. The lowest BCUT2D eigenvalue weighted by molar-refractivity contribution is 0.243. The monoisotopic (exact) mass is 298 g/mol. The lowest BCUT2D eigenvalue weighted by atomic mass is 9.93. The summed E-state index contributed by atoms with van der Waals surface area (Å²) in [6.07, 6.45) is 1.86. The van der Waals surface area contributed by atoms with Gasteiger partial charge in [-0.05, 0) is 49.9 Å². The molecule has 1 heterocycles. The first kappa shape index (κ1) is 15.3. The molecule has 1 saturated heterocycles. The zero-order valence-electron chi connectivity index (χ0n) is 12.0. The van der Waals surface area contributed by atoms with Gasteiger partial charge in [0.25, 0.3) is 0 Å². The molecular weight excluding hydrogens is 276 g/mol. The SMILES string of the molecule is COc1ccc(S(=O)(=O)N2CCC[C@H]([C@@H](C)N)C2)cc1. The number of nitrogens with two attached hydrogens (primary N) is 1. The van der Waals surface area contributed by atoms with Crippen LogP contribution in [0.15, 0.2) is 29.2 Å². The second kappa shape index (κ2) is 6.11. The van der Waals surface area contributed by atoms with Gasteiger partial charge in [0, 0.05) is 19.1 Å². The maximum absolute atomic E-state index is 12.6. The van der Waals surface area contributed by atoms with Crippen molar-refractivity contribution < 1.29 is 13.2 Å². The quantitative estimate of drug-likeness (QED) is 0.913. The van der Waals surface area contributed by atoms with E-state index in [2.05, 4.69) is 0 Å². The van der Waals surface area contributed by atoms with E-state index in [1.165, 1.54) is 0 Å². The predicted molar refractivity (Wildman–Crippen MR) is 78.1 cm³/mol. The molecule has 0 aromatic heterocycles. The highest BCUT2D eigenvalue weighted by atomic mass is 32.2. The number of nitrogens with zero attached hydrogens (tertiary/aromatic N) is 1. The van der Waals surface area contributed by atoms with Crippen molar-refractivity contribution in [3.8, 4) is 5.75 Å². The summed E-state index contributed by atoms with van der Waals surface area (Å²) in [6, 6.07) is 6.52. The van der Waals surface area contributed by atoms with Gasteiger partial charge in [0.2, 0.25) is 10.0 Å². The van der Waals surface area contributed by atoms with Crippen LogP contribution in [0.5, 0.6) is 5.75 Å². The highest BCUT2D eigenvalue weighted by molar-refractivity contribution is 7.89. The fraction of sp³-hybridized carbons (Fsp3) is 0.571. The van der Waals surface area contributed by atoms with Crippen molar-refractivity contribution in [2.75, 3.05) is 20.2 Å². The van der Waals surface area contributed by atoms with Gasteiger partial charge < -0.3 is 10.5 Å². The Balaban J connectivity index is 2.20. The number of ether oxygens (including phenoxy) is 1. The summed E-state index contributed by atoms with van der Waals surface area (Å²) in [5.74, 6) is 0.882. The normalized spacial score (nSPS) is 22.4. The highest BCUT2D eigenvalue weighted by Crippen LogP contribution is 2.26. The minimum atomic E-state index is -3.43. The summed E-state index contributed by atoms with van der Waals surface area (Å²) in [4.78, 5) is 0.309. The Morgan fingerprint density at radius 3 is 2.55 bits per heavy atom. The first-order valence-electron chi connectivity index (χ1n) is 6.85. The van der Waals surface area contributed by atoms with Crippen molar-refractivity contribution >= 4 is 10.0 Å². The molecule has 2 N–H and O–H groups in total. The number of piperidine rings is 1. The molecule has 112 valence electrons. The van der Waals surface area contributed by atoms with Crippen LogP contribution in [0, 0.1) is 5.92 Å². The van der Waals surface area contributed by atoms with Crippen LogP contribution in [-0.2, 0) is 10.0 Å². The van der Waals surface area contributed by atoms with Gasteiger partial charge >= 0.3 is 0 Å². The molecular formula is C14H22N2O3S. The molecule has 5 nitrogen and oxygen atoms in total. The number of benzene rings is 1. The number of hydrogen-bond acceptors (Lipinski definition) is 4. The minimum absolute atomic E-state index is 0.0175. The molecule has 0 aliphatic carbocycles. The largest absolute Gasteiger partial charge is 0.497 e. The summed E-state index contributed by atoms with van der Waals surface area (Å²) >= 11 is 0. The van der Waals surface area contributed by atoms with E-state index in [1.807, 2.05) is 6.92 Å². The van der Waals surface area contributed by atoms with Gasteiger partial charge in [0.1, 0.15) is 5.75 Å². The van der Waals surface area contributed by atoms with Crippen molar-refractivity contribution in [3.63, 3.8) is 0 Å². The van der Waals surface area contributed by atoms with E-state index >= 15 is 0 Å². The number of methoxy groups -OCH3 is 1. The molecule has 0 unspecified atom stereocenters. The summed E-state index contributed by atoms with van der Waals surface area (Å²) in [5, 5.41) is 0. The smallest absolute Gasteiger partial charge is 0.243 e. The molecule has 1 fully saturated rings. The standard InChI is InChI=1S/C14H22N2O3S/c1-11(15)12-4-3-9-16(10-12)20(17,18)14-7-5-13(19-2)6-8-14/h5-8,11-12H,3-4,9-10,15H2,1-2H3/t11-,12+/m1/s1. The van der Waals surface area contributed by atoms with Crippen molar-refractivity contribution in [2.45, 2.75) is 30.7 Å². The zero-order valence-corrected chi connectivity index (χ0v) is 12.8. The predicted octanol–water partition coefficient (Wildman–Crippen LogP) is 1.44. The van der Waals surface area contributed by atoms with Crippen LogP contribution in [0.4, 0.5) is 0 Å². The molecule has 0 amide bonds. The maximum Gasteiger partial charge on any atom is 0.243 e. The maximum atomic E-state index is 12.6. The van der Waals surface area contributed by atoms with Gasteiger partial charge in [-0.2, -0.15) is 4.31 Å². The Hall–Kier alpha value is -1.11. The van der Waals surface area contributed by atoms with E-state index in [-0.39, 0.29) is 12.0 Å². The fourth-order valence-electron chi connectivity index (χ4n) is 2.52. The molecule has 2 atom stereocenters. The Morgan fingerprint density at radius 1 is 1.35 bits per heavy atom. The van der Waals surface area contributed by atoms with E-state index in [9.17, 15) is 8.42 Å². The molecule has 0 bridgehead atoms. The van der Waals surface area contributed by atoms with Crippen LogP contribution < -0.4 is 10.5 Å². The lowest BCUT2D eigenvalue weighted by Gasteiger charge is -2.33. The summed E-state index contributed by atoms with van der Waals surface area (Å²) in [6.45, 7) is 3.01. The molecule has 20 heavy (non-hydrogen) atoms. The third-order valence-electron chi connectivity index (χ3n) is 3.86.